The molecule has 0 saturated carbocycles. The maximum absolute atomic E-state index is 5.72. The highest BCUT2D eigenvalue weighted by atomic mass is 32.1. The molecule has 0 saturated heterocycles. The van der Waals surface area contributed by atoms with Gasteiger partial charge in [-0.25, -0.2) is 9.97 Å². The smallest absolute Gasteiger partial charge is 0.203 e. The number of benzene rings is 2. The zero-order chi connectivity index (χ0) is 16.4. The quantitative estimate of drug-likeness (QED) is 0.421. The topological polar surface area (TPSA) is 76.2 Å². The number of nitrogens with zero attached hydrogens (tertiary/aromatic N) is 3. The summed E-state index contributed by atoms with van der Waals surface area (Å²) in [5.74, 6) is 0. The molecule has 2 aromatic carbocycles. The number of rotatable bonds is 4. The van der Waals surface area contributed by atoms with Crippen molar-refractivity contribution in [3.05, 3.63) is 59.5 Å². The zero-order valence-corrected chi connectivity index (χ0v) is 14.1. The molecule has 118 valence electrons. The van der Waals surface area contributed by atoms with E-state index >= 15 is 0 Å². The molecule has 3 N–H and O–H groups in total. The Kier molecular flexibility index (Phi) is 3.94. The molecule has 0 fully saturated rings. The van der Waals surface area contributed by atoms with E-state index in [1.54, 1.807) is 6.21 Å². The van der Waals surface area contributed by atoms with Gasteiger partial charge in [-0.15, -0.1) is 11.3 Å². The summed E-state index contributed by atoms with van der Waals surface area (Å²) in [6.45, 7) is 0. The fraction of sp³-hybridized carbons (Fsp3) is 0. The Balaban J connectivity index is 1.47. The van der Waals surface area contributed by atoms with E-state index in [1.807, 2.05) is 53.9 Å². The molecule has 4 rings (SSSR count). The largest absolute Gasteiger partial charge is 0.375 e. The van der Waals surface area contributed by atoms with E-state index < -0.39 is 0 Å². The molecule has 2 heterocycles. The molecular formula is C17H13N5S2. The van der Waals surface area contributed by atoms with E-state index in [1.165, 1.54) is 22.7 Å². The molecule has 0 unspecified atom stereocenters. The van der Waals surface area contributed by atoms with Gasteiger partial charge in [0.1, 0.15) is 0 Å². The number of hydrogen-bond acceptors (Lipinski definition) is 7. The van der Waals surface area contributed by atoms with Crippen LogP contribution in [0.15, 0.2) is 59.0 Å². The fourth-order valence-corrected chi connectivity index (χ4v) is 3.72. The zero-order valence-electron chi connectivity index (χ0n) is 12.5. The van der Waals surface area contributed by atoms with Crippen LogP contribution >= 0.6 is 22.7 Å². The van der Waals surface area contributed by atoms with E-state index in [-0.39, 0.29) is 0 Å². The lowest BCUT2D eigenvalue weighted by atomic mass is 10.2. The summed E-state index contributed by atoms with van der Waals surface area (Å²) in [4.78, 5) is 8.78. The van der Waals surface area contributed by atoms with E-state index in [9.17, 15) is 0 Å². The van der Waals surface area contributed by atoms with Crippen LogP contribution < -0.4 is 11.2 Å². The van der Waals surface area contributed by atoms with Crippen molar-refractivity contribution in [2.45, 2.75) is 0 Å². The highest BCUT2D eigenvalue weighted by molar-refractivity contribution is 7.22. The van der Waals surface area contributed by atoms with Crippen molar-refractivity contribution in [2.24, 2.45) is 5.10 Å². The Morgan fingerprint density at radius 2 is 1.96 bits per heavy atom. The number of hydrogen-bond donors (Lipinski definition) is 2. The van der Waals surface area contributed by atoms with Gasteiger partial charge in [0.25, 0.3) is 0 Å². The van der Waals surface area contributed by atoms with Crippen LogP contribution in [0, 0.1) is 0 Å². The molecule has 7 heteroatoms. The molecule has 4 aromatic rings. The Hall–Kier alpha value is -2.77. The van der Waals surface area contributed by atoms with Gasteiger partial charge < -0.3 is 5.73 Å². The molecule has 5 nitrogen and oxygen atoms in total. The third-order valence-corrected chi connectivity index (χ3v) is 4.97. The van der Waals surface area contributed by atoms with E-state index in [2.05, 4.69) is 20.5 Å². The van der Waals surface area contributed by atoms with Crippen LogP contribution in [0.4, 0.5) is 10.3 Å². The van der Waals surface area contributed by atoms with E-state index in [4.69, 9.17) is 5.73 Å². The second kappa shape index (κ2) is 6.38. The molecule has 2 aromatic heterocycles. The van der Waals surface area contributed by atoms with Gasteiger partial charge in [-0.2, -0.15) is 5.10 Å². The molecule has 0 aliphatic carbocycles. The third kappa shape index (κ3) is 3.12. The lowest BCUT2D eigenvalue weighted by molar-refractivity contribution is 1.29. The average Bonchev–Trinajstić information content (AvgIpc) is 3.21. The maximum atomic E-state index is 5.72. The van der Waals surface area contributed by atoms with E-state index in [0.29, 0.717) is 5.13 Å². The van der Waals surface area contributed by atoms with Gasteiger partial charge in [0, 0.05) is 10.9 Å². The Labute approximate surface area is 146 Å². The molecule has 0 aliphatic heterocycles. The van der Waals surface area contributed by atoms with Crippen molar-refractivity contribution < 1.29 is 0 Å². The minimum Gasteiger partial charge on any atom is -0.375 e. The standard InChI is InChI=1S/C17H13N5S2/c18-16-20-13-7-6-11(8-15(13)24-16)9-19-22-17-21-14(10-23-17)12-4-2-1-3-5-12/h1-10H,(H2,18,20)(H,21,22). The summed E-state index contributed by atoms with van der Waals surface area (Å²) in [6.07, 6.45) is 1.76. The highest BCUT2D eigenvalue weighted by Crippen LogP contribution is 2.25. The lowest BCUT2D eigenvalue weighted by Gasteiger charge is -1.96. The summed E-state index contributed by atoms with van der Waals surface area (Å²) in [7, 11) is 0. The van der Waals surface area contributed by atoms with Crippen molar-refractivity contribution >= 4 is 49.4 Å². The SMILES string of the molecule is Nc1nc2ccc(C=NNc3nc(-c4ccccc4)cs3)cc2s1. The summed E-state index contributed by atoms with van der Waals surface area (Å²) >= 11 is 3.00. The second-order valence-electron chi connectivity index (χ2n) is 5.05. The summed E-state index contributed by atoms with van der Waals surface area (Å²) in [5, 5.41) is 7.61. The fourth-order valence-electron chi connectivity index (χ4n) is 2.27. The molecule has 0 spiro atoms. The minimum atomic E-state index is 0.577. The van der Waals surface area contributed by atoms with Crippen molar-refractivity contribution in [1.29, 1.82) is 0 Å². The van der Waals surface area contributed by atoms with Crippen molar-refractivity contribution in [2.75, 3.05) is 11.2 Å². The number of anilines is 2. The van der Waals surface area contributed by atoms with Gasteiger partial charge >= 0.3 is 0 Å². The minimum absolute atomic E-state index is 0.577. The van der Waals surface area contributed by atoms with Crippen molar-refractivity contribution in [1.82, 2.24) is 9.97 Å². The van der Waals surface area contributed by atoms with Crippen LogP contribution in [0.1, 0.15) is 5.56 Å². The Morgan fingerprint density at radius 1 is 1.08 bits per heavy atom. The average molecular weight is 351 g/mol. The first-order valence-electron chi connectivity index (χ1n) is 7.24. The number of aromatic nitrogens is 2. The van der Waals surface area contributed by atoms with Crippen LogP contribution in [0.3, 0.4) is 0 Å². The summed E-state index contributed by atoms with van der Waals surface area (Å²) < 4.78 is 1.05. The number of hydrazone groups is 1. The number of fused-ring (bicyclic) bond motifs is 1. The van der Waals surface area contributed by atoms with E-state index in [0.717, 1.165) is 32.2 Å². The van der Waals surface area contributed by atoms with Gasteiger partial charge in [0.2, 0.25) is 5.13 Å². The van der Waals surface area contributed by atoms with Gasteiger partial charge in [-0.3, -0.25) is 5.43 Å². The van der Waals surface area contributed by atoms with Gasteiger partial charge in [-0.1, -0.05) is 47.7 Å². The second-order valence-corrected chi connectivity index (χ2v) is 6.97. The first kappa shape index (κ1) is 14.8. The number of nitrogen functional groups attached to an aromatic ring is 1. The van der Waals surface area contributed by atoms with Crippen molar-refractivity contribution in [3.8, 4) is 11.3 Å². The maximum Gasteiger partial charge on any atom is 0.203 e. The predicted octanol–water partition coefficient (Wildman–Crippen LogP) is 4.45. The van der Waals surface area contributed by atoms with Gasteiger partial charge in [0.05, 0.1) is 22.1 Å². The third-order valence-electron chi connectivity index (χ3n) is 3.38. The van der Waals surface area contributed by atoms with Gasteiger partial charge in [0.15, 0.2) is 5.13 Å². The predicted molar refractivity (Wildman–Crippen MR) is 103 cm³/mol. The summed E-state index contributed by atoms with van der Waals surface area (Å²) in [5.41, 5.74) is 12.6. The monoisotopic (exact) mass is 351 g/mol. The molecule has 0 aliphatic rings. The van der Waals surface area contributed by atoms with Crippen LogP contribution in [0.2, 0.25) is 0 Å². The van der Waals surface area contributed by atoms with Crippen LogP contribution in [0.5, 0.6) is 0 Å². The molecule has 0 amide bonds. The van der Waals surface area contributed by atoms with Crippen molar-refractivity contribution in [3.63, 3.8) is 0 Å². The number of nitrogens with one attached hydrogen (secondary N) is 1. The van der Waals surface area contributed by atoms with Crippen LogP contribution in [-0.2, 0) is 0 Å². The van der Waals surface area contributed by atoms with Crippen LogP contribution in [0.25, 0.3) is 21.5 Å². The normalized spacial score (nSPS) is 11.3. The Bertz CT molecular complexity index is 1000. The van der Waals surface area contributed by atoms with Gasteiger partial charge in [-0.05, 0) is 17.7 Å². The number of thiazole rings is 2. The molecule has 0 bridgehead atoms. The first-order chi connectivity index (χ1) is 11.8. The highest BCUT2D eigenvalue weighted by Gasteiger charge is 2.03. The molecular weight excluding hydrogens is 338 g/mol. The van der Waals surface area contributed by atoms with Crippen LogP contribution in [-0.4, -0.2) is 16.2 Å². The molecule has 0 atom stereocenters. The molecule has 0 radical (unpaired) electrons. The molecule has 24 heavy (non-hydrogen) atoms. The first-order valence-corrected chi connectivity index (χ1v) is 8.94. The summed E-state index contributed by atoms with van der Waals surface area (Å²) in [6, 6.07) is 16.0. The number of nitrogens with two attached hydrogens (primary N) is 1. The Morgan fingerprint density at radius 3 is 2.83 bits per heavy atom. The lowest BCUT2D eigenvalue weighted by Crippen LogP contribution is -1.90.